The summed E-state index contributed by atoms with van der Waals surface area (Å²) in [6.07, 6.45) is 2.80. The van der Waals surface area contributed by atoms with E-state index in [1.54, 1.807) is 12.1 Å². The minimum absolute atomic E-state index is 0.346. The topological polar surface area (TPSA) is 61.4 Å². The van der Waals surface area contributed by atoms with Crippen LogP contribution >= 0.6 is 0 Å². The molecule has 112 valence electrons. The molecule has 2 rings (SSSR count). The van der Waals surface area contributed by atoms with Crippen LogP contribution in [0.2, 0.25) is 0 Å². The molecule has 0 spiro atoms. The van der Waals surface area contributed by atoms with Gasteiger partial charge in [-0.3, -0.25) is 0 Å². The molecule has 1 aliphatic heterocycles. The number of hydrogen-bond donors (Lipinski definition) is 2. The predicted molar refractivity (Wildman–Crippen MR) is 81.6 cm³/mol. The van der Waals surface area contributed by atoms with E-state index in [-0.39, 0.29) is 0 Å². The van der Waals surface area contributed by atoms with Crippen LogP contribution in [0, 0.1) is 0 Å². The maximum Gasteiger partial charge on any atom is 0.240 e. The van der Waals surface area contributed by atoms with Gasteiger partial charge in [0.15, 0.2) is 0 Å². The lowest BCUT2D eigenvalue weighted by Gasteiger charge is -2.10. The van der Waals surface area contributed by atoms with Crippen molar-refractivity contribution in [2.45, 2.75) is 24.2 Å². The number of benzene rings is 1. The van der Waals surface area contributed by atoms with Gasteiger partial charge in [-0.15, -0.1) is 0 Å². The monoisotopic (exact) mass is 297 g/mol. The third-order valence-corrected chi connectivity index (χ3v) is 4.88. The lowest BCUT2D eigenvalue weighted by atomic mass is 10.2. The molecule has 0 saturated carbocycles. The van der Waals surface area contributed by atoms with Gasteiger partial charge in [0.25, 0.3) is 0 Å². The quantitative estimate of drug-likeness (QED) is 0.744. The normalized spacial score (nSPS) is 14.3. The van der Waals surface area contributed by atoms with Crippen LogP contribution in [0.1, 0.15) is 18.4 Å². The van der Waals surface area contributed by atoms with Crippen molar-refractivity contribution in [3.05, 3.63) is 23.8 Å². The molecule has 1 aromatic rings. The second-order valence-corrected chi connectivity index (χ2v) is 7.17. The summed E-state index contributed by atoms with van der Waals surface area (Å²) < 4.78 is 27.0. The highest BCUT2D eigenvalue weighted by molar-refractivity contribution is 7.89. The summed E-state index contributed by atoms with van der Waals surface area (Å²) >= 11 is 0. The number of unbranched alkanes of at least 4 members (excludes halogenated alkanes) is 1. The highest BCUT2D eigenvalue weighted by Gasteiger charge is 2.17. The maximum absolute atomic E-state index is 12.2. The summed E-state index contributed by atoms with van der Waals surface area (Å²) in [6.45, 7) is 2.35. The van der Waals surface area contributed by atoms with Crippen LogP contribution in [0.5, 0.6) is 0 Å². The molecule has 0 aromatic heterocycles. The van der Waals surface area contributed by atoms with E-state index in [4.69, 9.17) is 0 Å². The van der Waals surface area contributed by atoms with Crippen LogP contribution in [-0.2, 0) is 16.4 Å². The van der Waals surface area contributed by atoms with Gasteiger partial charge in [0, 0.05) is 18.8 Å². The van der Waals surface area contributed by atoms with Gasteiger partial charge in [0.05, 0.1) is 4.90 Å². The van der Waals surface area contributed by atoms with Gasteiger partial charge in [-0.2, -0.15) is 0 Å². The largest absolute Gasteiger partial charge is 0.384 e. The van der Waals surface area contributed by atoms with E-state index in [1.165, 1.54) is 5.56 Å². The number of sulfonamides is 1. The molecule has 0 saturated heterocycles. The van der Waals surface area contributed by atoms with E-state index >= 15 is 0 Å². The number of hydrogen-bond acceptors (Lipinski definition) is 4. The smallest absolute Gasteiger partial charge is 0.240 e. The van der Waals surface area contributed by atoms with Crippen molar-refractivity contribution in [3.63, 3.8) is 0 Å². The zero-order valence-corrected chi connectivity index (χ0v) is 13.0. The van der Waals surface area contributed by atoms with Crippen LogP contribution < -0.4 is 10.0 Å². The molecule has 2 N–H and O–H groups in total. The lowest BCUT2D eigenvalue weighted by molar-refractivity contribution is 0.394. The third kappa shape index (κ3) is 3.94. The molecular formula is C14H23N3O2S. The number of rotatable bonds is 7. The molecule has 0 fully saturated rings. The van der Waals surface area contributed by atoms with E-state index in [2.05, 4.69) is 14.9 Å². The number of anilines is 1. The Bertz CT molecular complexity index is 556. The fraction of sp³-hybridized carbons (Fsp3) is 0.571. The minimum atomic E-state index is -3.39. The van der Waals surface area contributed by atoms with Crippen LogP contribution in [0.15, 0.2) is 23.1 Å². The van der Waals surface area contributed by atoms with E-state index in [0.717, 1.165) is 38.0 Å². The molecule has 1 aliphatic rings. The molecule has 0 bridgehead atoms. The molecule has 0 amide bonds. The number of nitrogens with zero attached hydrogens (tertiary/aromatic N) is 1. The molecule has 5 nitrogen and oxygen atoms in total. The summed E-state index contributed by atoms with van der Waals surface area (Å²) in [5, 5.41) is 3.20. The maximum atomic E-state index is 12.2. The zero-order valence-electron chi connectivity index (χ0n) is 12.1. The van der Waals surface area contributed by atoms with Crippen LogP contribution in [0.4, 0.5) is 5.69 Å². The first-order valence-electron chi connectivity index (χ1n) is 7.00. The highest BCUT2D eigenvalue weighted by atomic mass is 32.2. The third-order valence-electron chi connectivity index (χ3n) is 3.43. The summed E-state index contributed by atoms with van der Waals surface area (Å²) in [7, 11) is 0.645. The first-order valence-corrected chi connectivity index (χ1v) is 8.48. The van der Waals surface area contributed by atoms with Gasteiger partial charge in [-0.05, 0) is 57.6 Å². The Morgan fingerprint density at radius 3 is 2.85 bits per heavy atom. The van der Waals surface area contributed by atoms with Crippen molar-refractivity contribution >= 4 is 15.7 Å². The van der Waals surface area contributed by atoms with E-state index in [9.17, 15) is 8.42 Å². The van der Waals surface area contributed by atoms with E-state index < -0.39 is 10.0 Å². The molecular weight excluding hydrogens is 274 g/mol. The van der Waals surface area contributed by atoms with Gasteiger partial charge < -0.3 is 10.2 Å². The first kappa shape index (κ1) is 15.3. The number of fused-ring (bicyclic) bond motifs is 1. The summed E-state index contributed by atoms with van der Waals surface area (Å²) in [4.78, 5) is 2.44. The Hall–Kier alpha value is -1.11. The van der Waals surface area contributed by atoms with Crippen molar-refractivity contribution in [2.75, 3.05) is 39.0 Å². The zero-order chi connectivity index (χ0) is 14.6. The highest BCUT2D eigenvalue weighted by Crippen LogP contribution is 2.25. The average molecular weight is 297 g/mol. The Morgan fingerprint density at radius 1 is 1.30 bits per heavy atom. The predicted octanol–water partition coefficient (Wildman–Crippen LogP) is 1.27. The number of nitrogens with one attached hydrogen (secondary N) is 2. The standard InChI is InChI=1S/C14H23N3O2S/c1-17(2)10-4-3-8-16-20(18,19)13-6-5-12-7-9-15-14(12)11-13/h5-6,11,15-16H,3-4,7-10H2,1-2H3. The molecule has 0 aliphatic carbocycles. The molecule has 1 aromatic carbocycles. The van der Waals surface area contributed by atoms with Gasteiger partial charge in [0.1, 0.15) is 0 Å². The Balaban J connectivity index is 1.90. The SMILES string of the molecule is CN(C)CCCCNS(=O)(=O)c1ccc2c(c1)NCC2. The molecule has 0 atom stereocenters. The van der Waals surface area contributed by atoms with Gasteiger partial charge >= 0.3 is 0 Å². The Kier molecular flexibility index (Phi) is 5.01. The molecule has 0 unspecified atom stereocenters. The fourth-order valence-corrected chi connectivity index (χ4v) is 3.38. The molecule has 20 heavy (non-hydrogen) atoms. The molecule has 6 heteroatoms. The minimum Gasteiger partial charge on any atom is -0.384 e. The molecule has 0 radical (unpaired) electrons. The van der Waals surface area contributed by atoms with E-state index in [0.29, 0.717) is 11.4 Å². The molecule has 1 heterocycles. The van der Waals surface area contributed by atoms with Gasteiger partial charge in [-0.1, -0.05) is 6.07 Å². The first-order chi connectivity index (χ1) is 9.49. The van der Waals surface area contributed by atoms with Gasteiger partial charge in [0.2, 0.25) is 10.0 Å². The van der Waals surface area contributed by atoms with Crippen molar-refractivity contribution in [3.8, 4) is 0 Å². The second kappa shape index (κ2) is 6.56. The second-order valence-electron chi connectivity index (χ2n) is 5.40. The van der Waals surface area contributed by atoms with Crippen LogP contribution in [-0.4, -0.2) is 47.0 Å². The van der Waals surface area contributed by atoms with Crippen LogP contribution in [0.25, 0.3) is 0 Å². The summed E-state index contributed by atoms with van der Waals surface area (Å²) in [5.41, 5.74) is 2.13. The van der Waals surface area contributed by atoms with Crippen molar-refractivity contribution in [2.24, 2.45) is 0 Å². The van der Waals surface area contributed by atoms with E-state index in [1.807, 2.05) is 20.2 Å². The van der Waals surface area contributed by atoms with Crippen molar-refractivity contribution in [1.82, 2.24) is 9.62 Å². The Morgan fingerprint density at radius 2 is 2.10 bits per heavy atom. The van der Waals surface area contributed by atoms with Gasteiger partial charge in [-0.25, -0.2) is 13.1 Å². The summed E-state index contributed by atoms with van der Waals surface area (Å²) in [6, 6.07) is 5.31. The van der Waals surface area contributed by atoms with Crippen molar-refractivity contribution in [1.29, 1.82) is 0 Å². The fourth-order valence-electron chi connectivity index (χ4n) is 2.28. The lowest BCUT2D eigenvalue weighted by Crippen LogP contribution is -2.25. The Labute approximate surface area is 121 Å². The summed E-state index contributed by atoms with van der Waals surface area (Å²) in [5.74, 6) is 0. The average Bonchev–Trinajstić information content (AvgIpc) is 2.85. The van der Waals surface area contributed by atoms with Crippen LogP contribution in [0.3, 0.4) is 0 Å². The van der Waals surface area contributed by atoms with Crippen molar-refractivity contribution < 1.29 is 8.42 Å².